The lowest BCUT2D eigenvalue weighted by molar-refractivity contribution is 0.819. The van der Waals surface area contributed by atoms with E-state index in [1.165, 1.54) is 16.7 Å². The van der Waals surface area contributed by atoms with Crippen LogP contribution in [0.5, 0.6) is 0 Å². The third-order valence-corrected chi connectivity index (χ3v) is 3.24. The highest BCUT2D eigenvalue weighted by Gasteiger charge is 2.17. The van der Waals surface area contributed by atoms with Gasteiger partial charge in [0.1, 0.15) is 0 Å². The van der Waals surface area contributed by atoms with E-state index >= 15 is 0 Å². The summed E-state index contributed by atoms with van der Waals surface area (Å²) < 4.78 is 0. The molecule has 0 bridgehead atoms. The van der Waals surface area contributed by atoms with Gasteiger partial charge in [-0.3, -0.25) is 0 Å². The molecule has 0 spiro atoms. The summed E-state index contributed by atoms with van der Waals surface area (Å²) in [4.78, 5) is 0. The predicted octanol–water partition coefficient (Wildman–Crippen LogP) is 4.24. The van der Waals surface area contributed by atoms with E-state index in [4.69, 9.17) is 0 Å². The standard InChI is InChI=1S/C16H14/c1-2-7-13(8-3-1)16-12-6-10-14-9-4-5-11-15(14)16/h1-11,16H,12H2. The molecule has 0 heterocycles. The average molecular weight is 206 g/mol. The highest BCUT2D eigenvalue weighted by atomic mass is 14.2. The molecule has 0 fully saturated rings. The Kier molecular flexibility index (Phi) is 2.34. The number of hydrogen-bond donors (Lipinski definition) is 0. The Bertz CT molecular complexity index is 509. The zero-order chi connectivity index (χ0) is 10.8. The average Bonchev–Trinajstić information content (AvgIpc) is 2.39. The zero-order valence-corrected chi connectivity index (χ0v) is 9.14. The van der Waals surface area contributed by atoms with E-state index < -0.39 is 0 Å². The normalized spacial score (nSPS) is 18.1. The van der Waals surface area contributed by atoms with Gasteiger partial charge in [0, 0.05) is 5.92 Å². The molecule has 0 heteroatoms. The Labute approximate surface area is 96.3 Å². The maximum atomic E-state index is 2.28. The second-order valence-electron chi connectivity index (χ2n) is 4.23. The summed E-state index contributed by atoms with van der Waals surface area (Å²) >= 11 is 0. The summed E-state index contributed by atoms with van der Waals surface area (Å²) in [6.45, 7) is 0. The molecule has 0 aliphatic heterocycles. The first-order chi connectivity index (χ1) is 7.95. The van der Waals surface area contributed by atoms with Crippen LogP contribution >= 0.6 is 0 Å². The third kappa shape index (κ3) is 1.57. The van der Waals surface area contributed by atoms with Gasteiger partial charge in [0.25, 0.3) is 0 Å². The van der Waals surface area contributed by atoms with Crippen LogP contribution in [-0.2, 0) is 0 Å². The largest absolute Gasteiger partial charge is 0.0830 e. The summed E-state index contributed by atoms with van der Waals surface area (Å²) in [5, 5.41) is 0. The molecule has 2 aromatic rings. The molecule has 16 heavy (non-hydrogen) atoms. The SMILES string of the molecule is C1=Cc2ccccc2C(c2ccccc2)C1. The van der Waals surface area contributed by atoms with Gasteiger partial charge >= 0.3 is 0 Å². The topological polar surface area (TPSA) is 0 Å². The minimum atomic E-state index is 0.530. The minimum absolute atomic E-state index is 0.530. The Morgan fingerprint density at radius 2 is 1.56 bits per heavy atom. The van der Waals surface area contributed by atoms with Crippen LogP contribution in [0, 0.1) is 0 Å². The van der Waals surface area contributed by atoms with Crippen molar-refractivity contribution in [3.63, 3.8) is 0 Å². The maximum Gasteiger partial charge on any atom is 0.0130 e. The van der Waals surface area contributed by atoms with E-state index in [0.717, 1.165) is 6.42 Å². The fourth-order valence-electron chi connectivity index (χ4n) is 2.44. The number of allylic oxidation sites excluding steroid dienone is 1. The van der Waals surface area contributed by atoms with Gasteiger partial charge in [-0.25, -0.2) is 0 Å². The van der Waals surface area contributed by atoms with Crippen molar-refractivity contribution in [1.29, 1.82) is 0 Å². The molecule has 0 N–H and O–H groups in total. The lowest BCUT2D eigenvalue weighted by atomic mass is 9.82. The van der Waals surface area contributed by atoms with Gasteiger partial charge in [-0.05, 0) is 23.1 Å². The second kappa shape index (κ2) is 3.97. The van der Waals surface area contributed by atoms with Crippen molar-refractivity contribution in [2.45, 2.75) is 12.3 Å². The summed E-state index contributed by atoms with van der Waals surface area (Å²) in [7, 11) is 0. The molecule has 2 aromatic carbocycles. The lowest BCUT2D eigenvalue weighted by Crippen LogP contribution is -2.04. The second-order valence-corrected chi connectivity index (χ2v) is 4.23. The molecule has 0 saturated carbocycles. The zero-order valence-electron chi connectivity index (χ0n) is 9.14. The quantitative estimate of drug-likeness (QED) is 0.654. The van der Waals surface area contributed by atoms with Gasteiger partial charge in [0.05, 0.1) is 0 Å². The van der Waals surface area contributed by atoms with Crippen LogP contribution in [0.15, 0.2) is 60.7 Å². The van der Waals surface area contributed by atoms with Crippen molar-refractivity contribution < 1.29 is 0 Å². The molecule has 1 unspecified atom stereocenters. The van der Waals surface area contributed by atoms with Crippen LogP contribution < -0.4 is 0 Å². The van der Waals surface area contributed by atoms with Crippen LogP contribution in [-0.4, -0.2) is 0 Å². The predicted molar refractivity (Wildman–Crippen MR) is 68.4 cm³/mol. The molecule has 0 amide bonds. The van der Waals surface area contributed by atoms with E-state index in [2.05, 4.69) is 66.7 Å². The first-order valence-electron chi connectivity index (χ1n) is 5.75. The van der Waals surface area contributed by atoms with Gasteiger partial charge in [-0.15, -0.1) is 0 Å². The Balaban J connectivity index is 2.09. The fraction of sp³-hybridized carbons (Fsp3) is 0.125. The number of fused-ring (bicyclic) bond motifs is 1. The van der Waals surface area contributed by atoms with Crippen molar-refractivity contribution in [2.24, 2.45) is 0 Å². The summed E-state index contributed by atoms with van der Waals surface area (Å²) in [6.07, 6.45) is 5.62. The van der Waals surface area contributed by atoms with Crippen LogP contribution in [0.2, 0.25) is 0 Å². The maximum absolute atomic E-state index is 2.28. The number of hydrogen-bond acceptors (Lipinski definition) is 0. The minimum Gasteiger partial charge on any atom is -0.0830 e. The van der Waals surface area contributed by atoms with E-state index in [-0.39, 0.29) is 0 Å². The molecule has 0 aromatic heterocycles. The molecule has 1 aliphatic carbocycles. The molecular weight excluding hydrogens is 192 g/mol. The highest BCUT2D eigenvalue weighted by Crippen LogP contribution is 2.34. The van der Waals surface area contributed by atoms with Gasteiger partial charge < -0.3 is 0 Å². The van der Waals surface area contributed by atoms with E-state index in [1.54, 1.807) is 0 Å². The lowest BCUT2D eigenvalue weighted by Gasteiger charge is -2.22. The molecule has 1 aliphatic rings. The van der Waals surface area contributed by atoms with Crippen molar-refractivity contribution in [1.82, 2.24) is 0 Å². The Morgan fingerprint density at radius 1 is 0.812 bits per heavy atom. The summed E-state index contributed by atoms with van der Waals surface area (Å²) in [5.74, 6) is 0.530. The number of benzene rings is 2. The summed E-state index contributed by atoms with van der Waals surface area (Å²) in [6, 6.07) is 19.4. The van der Waals surface area contributed by atoms with Crippen molar-refractivity contribution in [3.8, 4) is 0 Å². The smallest absolute Gasteiger partial charge is 0.0130 e. The molecule has 1 atom stereocenters. The van der Waals surface area contributed by atoms with Crippen LogP contribution in [0.3, 0.4) is 0 Å². The molecule has 0 nitrogen and oxygen atoms in total. The van der Waals surface area contributed by atoms with Gasteiger partial charge in [-0.2, -0.15) is 0 Å². The molecule has 3 rings (SSSR count). The molecular formula is C16H14. The monoisotopic (exact) mass is 206 g/mol. The Hall–Kier alpha value is -1.82. The molecule has 0 saturated heterocycles. The molecule has 78 valence electrons. The Morgan fingerprint density at radius 3 is 2.44 bits per heavy atom. The van der Waals surface area contributed by atoms with Gasteiger partial charge in [0.15, 0.2) is 0 Å². The first-order valence-corrected chi connectivity index (χ1v) is 5.75. The van der Waals surface area contributed by atoms with E-state index in [9.17, 15) is 0 Å². The van der Waals surface area contributed by atoms with E-state index in [0.29, 0.717) is 5.92 Å². The van der Waals surface area contributed by atoms with Crippen LogP contribution in [0.4, 0.5) is 0 Å². The fourth-order valence-corrected chi connectivity index (χ4v) is 2.44. The highest BCUT2D eigenvalue weighted by molar-refractivity contribution is 5.59. The number of rotatable bonds is 1. The summed E-state index contributed by atoms with van der Waals surface area (Å²) in [5.41, 5.74) is 4.23. The molecule has 0 radical (unpaired) electrons. The van der Waals surface area contributed by atoms with E-state index in [1.807, 2.05) is 0 Å². The van der Waals surface area contributed by atoms with Crippen molar-refractivity contribution in [3.05, 3.63) is 77.4 Å². The van der Waals surface area contributed by atoms with Crippen molar-refractivity contribution >= 4 is 6.08 Å². The third-order valence-electron chi connectivity index (χ3n) is 3.24. The van der Waals surface area contributed by atoms with Crippen LogP contribution in [0.25, 0.3) is 6.08 Å². The van der Waals surface area contributed by atoms with Gasteiger partial charge in [-0.1, -0.05) is 66.7 Å². The first kappa shape index (κ1) is 9.41. The van der Waals surface area contributed by atoms with Crippen molar-refractivity contribution in [2.75, 3.05) is 0 Å². The van der Waals surface area contributed by atoms with Crippen LogP contribution in [0.1, 0.15) is 29.0 Å². The van der Waals surface area contributed by atoms with Gasteiger partial charge in [0.2, 0.25) is 0 Å².